The van der Waals surface area contributed by atoms with Crippen LogP contribution in [0.15, 0.2) is 54.6 Å². The largest absolute Gasteiger partial charge is 0.491 e. The predicted octanol–water partition coefficient (Wildman–Crippen LogP) is 2.36. The molecule has 0 aromatic heterocycles. The summed E-state index contributed by atoms with van der Waals surface area (Å²) >= 11 is 0. The molecule has 0 unspecified atom stereocenters. The van der Waals surface area contributed by atoms with Gasteiger partial charge >= 0.3 is 0 Å². The number of hydrogen-bond acceptors (Lipinski definition) is 4. The first-order valence-electron chi connectivity index (χ1n) is 8.58. The number of rotatable bonds is 7. The molecule has 4 nitrogen and oxygen atoms in total. The number of alkyl halides is 1. The topological polar surface area (TPSA) is 52.9 Å². The van der Waals surface area contributed by atoms with Crippen LogP contribution in [0.3, 0.4) is 0 Å². The van der Waals surface area contributed by atoms with Gasteiger partial charge in [-0.05, 0) is 23.3 Å². The summed E-state index contributed by atoms with van der Waals surface area (Å²) in [5.41, 5.74) is 2.15. The molecule has 2 aromatic carbocycles. The lowest BCUT2D eigenvalue weighted by atomic mass is 9.94. The monoisotopic (exact) mass is 345 g/mol. The number of hydrogen-bond donors (Lipinski definition) is 2. The van der Waals surface area contributed by atoms with E-state index in [4.69, 9.17) is 4.74 Å². The molecule has 3 atom stereocenters. The van der Waals surface area contributed by atoms with E-state index < -0.39 is 12.8 Å². The van der Waals surface area contributed by atoms with Gasteiger partial charge in [0.2, 0.25) is 0 Å². The number of halogens is 1. The van der Waals surface area contributed by atoms with Crippen molar-refractivity contribution in [3.8, 4) is 5.75 Å². The van der Waals surface area contributed by atoms with Gasteiger partial charge in [-0.1, -0.05) is 42.5 Å². The summed E-state index contributed by atoms with van der Waals surface area (Å²) in [5, 5.41) is 20.4. The molecule has 0 aliphatic carbocycles. The van der Waals surface area contributed by atoms with Crippen LogP contribution in [-0.4, -0.2) is 53.7 Å². The smallest absolute Gasteiger partial charge is 0.123 e. The van der Waals surface area contributed by atoms with Gasteiger partial charge in [-0.2, -0.15) is 0 Å². The summed E-state index contributed by atoms with van der Waals surface area (Å²) in [7, 11) is 0. The van der Waals surface area contributed by atoms with E-state index in [1.54, 1.807) is 0 Å². The Labute approximate surface area is 147 Å². The minimum Gasteiger partial charge on any atom is -0.491 e. The first-order chi connectivity index (χ1) is 12.2. The SMILES string of the molecule is OC[C@@H]1[C@H](O)[C@@H](c2ccccc2)CN1Cc1ccc(OCCF)cc1. The lowest BCUT2D eigenvalue weighted by Gasteiger charge is -2.24. The molecular formula is C20H24FNO3. The van der Waals surface area contributed by atoms with Crippen molar-refractivity contribution >= 4 is 0 Å². The van der Waals surface area contributed by atoms with Crippen LogP contribution >= 0.6 is 0 Å². The van der Waals surface area contributed by atoms with Crippen molar-refractivity contribution < 1.29 is 19.3 Å². The van der Waals surface area contributed by atoms with Crippen LogP contribution in [0.5, 0.6) is 5.75 Å². The molecule has 0 saturated carbocycles. The molecule has 5 heteroatoms. The first kappa shape index (κ1) is 17.9. The third-order valence-electron chi connectivity index (χ3n) is 4.78. The normalized spacial score (nSPS) is 23.7. The van der Waals surface area contributed by atoms with Gasteiger partial charge in [0, 0.05) is 19.0 Å². The van der Waals surface area contributed by atoms with Crippen LogP contribution in [0.4, 0.5) is 4.39 Å². The average Bonchev–Trinajstić information content (AvgIpc) is 2.97. The Morgan fingerprint density at radius 3 is 2.44 bits per heavy atom. The van der Waals surface area contributed by atoms with Gasteiger partial charge in [0.15, 0.2) is 0 Å². The Kier molecular flexibility index (Phi) is 6.02. The van der Waals surface area contributed by atoms with Crippen molar-refractivity contribution in [1.82, 2.24) is 4.90 Å². The number of ether oxygens (including phenoxy) is 1. The second kappa shape index (κ2) is 8.43. The highest BCUT2D eigenvalue weighted by Crippen LogP contribution is 2.33. The lowest BCUT2D eigenvalue weighted by molar-refractivity contribution is 0.0641. The zero-order chi connectivity index (χ0) is 17.6. The van der Waals surface area contributed by atoms with Crippen LogP contribution < -0.4 is 4.74 Å². The van der Waals surface area contributed by atoms with Gasteiger partial charge in [-0.25, -0.2) is 4.39 Å². The summed E-state index contributed by atoms with van der Waals surface area (Å²) in [6.07, 6.45) is -0.598. The summed E-state index contributed by atoms with van der Waals surface area (Å²) in [4.78, 5) is 2.11. The molecule has 0 amide bonds. The summed E-state index contributed by atoms with van der Waals surface area (Å²) in [6.45, 7) is 0.795. The number of benzene rings is 2. The first-order valence-corrected chi connectivity index (χ1v) is 8.58. The van der Waals surface area contributed by atoms with E-state index in [1.165, 1.54) is 0 Å². The molecule has 0 spiro atoms. The Morgan fingerprint density at radius 1 is 1.08 bits per heavy atom. The minimum absolute atomic E-state index is 0.00879. The molecule has 1 heterocycles. The van der Waals surface area contributed by atoms with Crippen molar-refractivity contribution in [2.45, 2.75) is 24.6 Å². The fourth-order valence-electron chi connectivity index (χ4n) is 3.47. The number of likely N-dealkylation sites (tertiary alicyclic amines) is 1. The maximum absolute atomic E-state index is 12.1. The molecule has 0 bridgehead atoms. The standard InChI is InChI=1S/C20H24FNO3/c21-10-11-25-17-8-6-15(7-9-17)12-22-13-18(20(24)19(22)14-23)16-4-2-1-3-5-16/h1-9,18-20,23-24H,10-14H2/t18-,19-,20-/m1/s1. The number of aliphatic hydroxyl groups excluding tert-OH is 2. The Balaban J connectivity index is 1.69. The second-order valence-electron chi connectivity index (χ2n) is 6.37. The van der Waals surface area contributed by atoms with Gasteiger partial charge in [0.25, 0.3) is 0 Å². The van der Waals surface area contributed by atoms with E-state index in [-0.39, 0.29) is 25.2 Å². The minimum atomic E-state index is -0.598. The molecular weight excluding hydrogens is 321 g/mol. The van der Waals surface area contributed by atoms with Crippen molar-refractivity contribution in [3.05, 3.63) is 65.7 Å². The Hall–Kier alpha value is -1.95. The van der Waals surface area contributed by atoms with E-state index >= 15 is 0 Å². The third-order valence-corrected chi connectivity index (χ3v) is 4.78. The third kappa shape index (κ3) is 4.18. The van der Waals surface area contributed by atoms with Crippen molar-refractivity contribution in [2.75, 3.05) is 26.4 Å². The number of aliphatic hydroxyl groups is 2. The molecule has 1 aliphatic rings. The van der Waals surface area contributed by atoms with E-state index in [0.29, 0.717) is 18.8 Å². The molecule has 1 saturated heterocycles. The molecule has 1 aliphatic heterocycles. The Bertz CT molecular complexity index is 650. The van der Waals surface area contributed by atoms with Gasteiger partial charge in [0.1, 0.15) is 19.0 Å². The Morgan fingerprint density at radius 2 is 1.80 bits per heavy atom. The predicted molar refractivity (Wildman–Crippen MR) is 94.4 cm³/mol. The van der Waals surface area contributed by atoms with Gasteiger partial charge in [-0.15, -0.1) is 0 Å². The fraction of sp³-hybridized carbons (Fsp3) is 0.400. The molecule has 2 N–H and O–H groups in total. The molecule has 134 valence electrons. The van der Waals surface area contributed by atoms with E-state index in [1.807, 2.05) is 54.6 Å². The van der Waals surface area contributed by atoms with Crippen molar-refractivity contribution in [1.29, 1.82) is 0 Å². The van der Waals surface area contributed by atoms with Crippen LogP contribution in [0, 0.1) is 0 Å². The summed E-state index contributed by atoms with van der Waals surface area (Å²) < 4.78 is 17.4. The molecule has 1 fully saturated rings. The molecule has 25 heavy (non-hydrogen) atoms. The van der Waals surface area contributed by atoms with E-state index in [2.05, 4.69) is 4.90 Å². The highest BCUT2D eigenvalue weighted by atomic mass is 19.1. The fourth-order valence-corrected chi connectivity index (χ4v) is 3.47. The van der Waals surface area contributed by atoms with E-state index in [0.717, 1.165) is 11.1 Å². The highest BCUT2D eigenvalue weighted by Gasteiger charge is 2.40. The van der Waals surface area contributed by atoms with Gasteiger partial charge < -0.3 is 14.9 Å². The van der Waals surface area contributed by atoms with Gasteiger partial charge in [0.05, 0.1) is 18.8 Å². The van der Waals surface area contributed by atoms with Crippen LogP contribution in [-0.2, 0) is 6.54 Å². The maximum Gasteiger partial charge on any atom is 0.123 e. The van der Waals surface area contributed by atoms with Crippen LogP contribution in [0.25, 0.3) is 0 Å². The lowest BCUT2D eigenvalue weighted by Crippen LogP contribution is -2.38. The molecule has 3 rings (SSSR count). The zero-order valence-corrected chi connectivity index (χ0v) is 14.1. The van der Waals surface area contributed by atoms with Crippen molar-refractivity contribution in [2.24, 2.45) is 0 Å². The van der Waals surface area contributed by atoms with Crippen molar-refractivity contribution in [3.63, 3.8) is 0 Å². The van der Waals surface area contributed by atoms with Gasteiger partial charge in [-0.3, -0.25) is 4.90 Å². The zero-order valence-electron chi connectivity index (χ0n) is 14.1. The molecule has 2 aromatic rings. The quantitative estimate of drug-likeness (QED) is 0.809. The van der Waals surface area contributed by atoms with E-state index in [9.17, 15) is 14.6 Å². The van der Waals surface area contributed by atoms with Crippen LogP contribution in [0.1, 0.15) is 17.0 Å². The number of nitrogens with zero attached hydrogens (tertiary/aromatic N) is 1. The second-order valence-corrected chi connectivity index (χ2v) is 6.37. The molecule has 0 radical (unpaired) electrons. The van der Waals surface area contributed by atoms with Crippen LogP contribution in [0.2, 0.25) is 0 Å². The summed E-state index contributed by atoms with van der Waals surface area (Å²) in [6, 6.07) is 17.1. The average molecular weight is 345 g/mol. The maximum atomic E-state index is 12.1. The highest BCUT2D eigenvalue weighted by molar-refractivity contribution is 5.28. The summed E-state index contributed by atoms with van der Waals surface area (Å²) in [5.74, 6) is 0.634.